The van der Waals surface area contributed by atoms with E-state index in [1.165, 1.54) is 31.5 Å². The lowest BCUT2D eigenvalue weighted by molar-refractivity contribution is -0.123. The Morgan fingerprint density at radius 1 is 0.860 bits per heavy atom. The highest BCUT2D eigenvalue weighted by atomic mass is 32.2. The van der Waals surface area contributed by atoms with Crippen molar-refractivity contribution in [1.82, 2.24) is 10.7 Å². The molecule has 0 fully saturated rings. The molecule has 0 unspecified atom stereocenters. The molecule has 0 bridgehead atoms. The van der Waals surface area contributed by atoms with Crippen LogP contribution >= 0.6 is 0 Å². The summed E-state index contributed by atoms with van der Waals surface area (Å²) in [6, 6.07) is 30.5. The molecule has 11 heteroatoms. The van der Waals surface area contributed by atoms with Gasteiger partial charge in [-0.25, -0.2) is 13.8 Å². The quantitative estimate of drug-likeness (QED) is 0.174. The number of carbonyl (C=O) groups excluding carboxylic acids is 2. The summed E-state index contributed by atoms with van der Waals surface area (Å²) in [5, 5.41) is 6.86. The lowest BCUT2D eigenvalue weighted by Crippen LogP contribution is -2.39. The van der Waals surface area contributed by atoms with E-state index in [0.717, 1.165) is 9.87 Å². The van der Waals surface area contributed by atoms with Crippen LogP contribution in [-0.2, 0) is 19.6 Å². The minimum atomic E-state index is -4.07. The van der Waals surface area contributed by atoms with Gasteiger partial charge in [-0.2, -0.15) is 5.10 Å². The lowest BCUT2D eigenvalue weighted by Gasteiger charge is -2.24. The van der Waals surface area contributed by atoms with Gasteiger partial charge in [0.2, 0.25) is 0 Å². The van der Waals surface area contributed by atoms with Gasteiger partial charge in [0.25, 0.3) is 21.8 Å². The van der Waals surface area contributed by atoms with Crippen LogP contribution in [0.2, 0.25) is 0 Å². The fourth-order valence-electron chi connectivity index (χ4n) is 4.05. The average Bonchev–Trinajstić information content (AvgIpc) is 3.04. The average molecular weight is 601 g/mol. The predicted molar refractivity (Wildman–Crippen MR) is 165 cm³/mol. The normalized spacial score (nSPS) is 11.9. The molecule has 0 aliphatic rings. The minimum absolute atomic E-state index is 0.0413. The molecule has 2 amide bonds. The minimum Gasteiger partial charge on any atom is -0.497 e. The predicted octanol–water partition coefficient (Wildman–Crippen LogP) is 4.30. The first-order chi connectivity index (χ1) is 20.8. The largest absolute Gasteiger partial charge is 0.497 e. The van der Waals surface area contributed by atoms with Crippen LogP contribution in [0.15, 0.2) is 119 Å². The number of nitrogens with one attached hydrogen (secondary N) is 2. The number of carbonyl (C=O) groups is 2. The van der Waals surface area contributed by atoms with E-state index in [4.69, 9.17) is 9.47 Å². The van der Waals surface area contributed by atoms with Gasteiger partial charge >= 0.3 is 0 Å². The molecule has 0 aromatic heterocycles. The second-order valence-corrected chi connectivity index (χ2v) is 11.2. The number of nitrogens with zero attached hydrogens (tertiary/aromatic N) is 2. The highest BCUT2D eigenvalue weighted by Crippen LogP contribution is 2.26. The van der Waals surface area contributed by atoms with Gasteiger partial charge in [-0.3, -0.25) is 13.9 Å². The maximum absolute atomic E-state index is 13.4. The van der Waals surface area contributed by atoms with Crippen molar-refractivity contribution in [3.8, 4) is 11.5 Å². The van der Waals surface area contributed by atoms with Crippen molar-refractivity contribution in [2.45, 2.75) is 17.9 Å². The maximum Gasteiger partial charge on any atom is 0.264 e. The van der Waals surface area contributed by atoms with E-state index in [1.807, 2.05) is 37.3 Å². The lowest BCUT2D eigenvalue weighted by atomic mass is 10.1. The molecule has 0 spiro atoms. The molecule has 0 aliphatic heterocycles. The number of methoxy groups -OCH3 is 1. The zero-order chi connectivity index (χ0) is 30.7. The summed E-state index contributed by atoms with van der Waals surface area (Å²) in [4.78, 5) is 25.1. The van der Waals surface area contributed by atoms with Gasteiger partial charge in [0.1, 0.15) is 18.0 Å². The number of sulfonamides is 1. The second-order valence-electron chi connectivity index (χ2n) is 9.38. The second kappa shape index (κ2) is 14.6. The van der Waals surface area contributed by atoms with Crippen LogP contribution in [0.1, 0.15) is 24.1 Å². The Hall–Kier alpha value is -5.16. The van der Waals surface area contributed by atoms with E-state index in [0.29, 0.717) is 17.1 Å². The van der Waals surface area contributed by atoms with Crippen molar-refractivity contribution in [3.05, 3.63) is 120 Å². The van der Waals surface area contributed by atoms with Gasteiger partial charge < -0.3 is 14.8 Å². The summed E-state index contributed by atoms with van der Waals surface area (Å²) in [5.41, 5.74) is 4.29. The van der Waals surface area contributed by atoms with Crippen molar-refractivity contribution < 1.29 is 27.5 Å². The molecule has 0 saturated heterocycles. The van der Waals surface area contributed by atoms with Crippen LogP contribution in [0.5, 0.6) is 11.5 Å². The molecule has 2 N–H and O–H groups in total. The molecule has 1 atom stereocenters. The van der Waals surface area contributed by atoms with Crippen LogP contribution in [0.25, 0.3) is 0 Å². The summed E-state index contributed by atoms with van der Waals surface area (Å²) in [7, 11) is -2.59. The highest BCUT2D eigenvalue weighted by Gasteiger charge is 2.27. The first-order valence-corrected chi connectivity index (χ1v) is 14.8. The number of hydrogen-bond donors (Lipinski definition) is 2. The Labute approximate surface area is 251 Å². The third-order valence-electron chi connectivity index (χ3n) is 6.29. The zero-order valence-electron chi connectivity index (χ0n) is 23.7. The van der Waals surface area contributed by atoms with Crippen LogP contribution < -0.4 is 24.5 Å². The van der Waals surface area contributed by atoms with E-state index >= 15 is 0 Å². The van der Waals surface area contributed by atoms with Gasteiger partial charge in [0, 0.05) is 6.07 Å². The third-order valence-corrected chi connectivity index (χ3v) is 8.08. The number of hydrogen-bond acceptors (Lipinski definition) is 7. The smallest absolute Gasteiger partial charge is 0.264 e. The molecule has 0 aliphatic carbocycles. The Kier molecular flexibility index (Phi) is 10.5. The monoisotopic (exact) mass is 600 g/mol. The summed E-state index contributed by atoms with van der Waals surface area (Å²) >= 11 is 0. The van der Waals surface area contributed by atoms with Crippen LogP contribution in [0, 0.1) is 0 Å². The van der Waals surface area contributed by atoms with Crippen LogP contribution in [-0.4, -0.2) is 46.7 Å². The van der Waals surface area contributed by atoms with E-state index in [9.17, 15) is 18.0 Å². The van der Waals surface area contributed by atoms with Crippen molar-refractivity contribution in [1.29, 1.82) is 0 Å². The molecule has 222 valence electrons. The standard InChI is InChI=1S/C32H32N4O6S/c1-24(26-10-5-3-6-11-26)34-32(38)23-42-28-18-16-25(17-19-28)21-33-35-31(37)22-36(27-12-9-13-29(20-27)41-2)43(39,40)30-14-7-4-8-15-30/h3-21,24H,22-23H2,1-2H3,(H,34,38)(H,35,37)/b33-21-/t24-/m0/s1. The topological polar surface area (TPSA) is 126 Å². The van der Waals surface area contributed by atoms with E-state index in [1.54, 1.807) is 60.7 Å². The Morgan fingerprint density at radius 3 is 2.21 bits per heavy atom. The molecule has 0 radical (unpaired) electrons. The van der Waals surface area contributed by atoms with Gasteiger partial charge in [-0.1, -0.05) is 54.6 Å². The van der Waals surface area contributed by atoms with Gasteiger partial charge in [-0.15, -0.1) is 0 Å². The molecular formula is C32H32N4O6S. The number of ether oxygens (including phenoxy) is 2. The number of amides is 2. The summed E-state index contributed by atoms with van der Waals surface area (Å²) in [5.74, 6) is 0.0407. The summed E-state index contributed by atoms with van der Waals surface area (Å²) in [6.07, 6.45) is 1.41. The maximum atomic E-state index is 13.4. The van der Waals surface area contributed by atoms with Gasteiger partial charge in [0.15, 0.2) is 6.61 Å². The number of rotatable bonds is 13. The molecule has 4 aromatic carbocycles. The molecule has 4 rings (SSSR count). The van der Waals surface area contributed by atoms with E-state index < -0.39 is 22.5 Å². The van der Waals surface area contributed by atoms with Crippen molar-refractivity contribution in [2.24, 2.45) is 5.10 Å². The van der Waals surface area contributed by atoms with Crippen molar-refractivity contribution in [2.75, 3.05) is 24.6 Å². The molecule has 0 saturated carbocycles. The zero-order valence-corrected chi connectivity index (χ0v) is 24.5. The van der Waals surface area contributed by atoms with Crippen LogP contribution in [0.4, 0.5) is 5.69 Å². The SMILES string of the molecule is COc1cccc(N(CC(=O)N/N=C\c2ccc(OCC(=O)N[C@@H](C)c3ccccc3)cc2)S(=O)(=O)c2ccccc2)c1. The van der Waals surface area contributed by atoms with Crippen molar-refractivity contribution >= 4 is 33.7 Å². The number of anilines is 1. The van der Waals surface area contributed by atoms with Crippen LogP contribution in [0.3, 0.4) is 0 Å². The fraction of sp³-hybridized carbons (Fsp3) is 0.156. The number of benzene rings is 4. The Balaban J connectivity index is 1.33. The molecular weight excluding hydrogens is 568 g/mol. The van der Waals surface area contributed by atoms with Crippen molar-refractivity contribution in [3.63, 3.8) is 0 Å². The molecule has 10 nitrogen and oxygen atoms in total. The summed E-state index contributed by atoms with van der Waals surface area (Å²) < 4.78 is 38.7. The van der Waals surface area contributed by atoms with E-state index in [2.05, 4.69) is 15.8 Å². The highest BCUT2D eigenvalue weighted by molar-refractivity contribution is 7.92. The first kappa shape index (κ1) is 30.8. The van der Waals surface area contributed by atoms with Gasteiger partial charge in [0.05, 0.1) is 29.9 Å². The summed E-state index contributed by atoms with van der Waals surface area (Å²) in [6.45, 7) is 1.24. The third kappa shape index (κ3) is 8.66. The Bertz CT molecular complexity index is 1650. The van der Waals surface area contributed by atoms with Gasteiger partial charge in [-0.05, 0) is 66.6 Å². The Morgan fingerprint density at radius 2 is 1.53 bits per heavy atom. The fourth-order valence-corrected chi connectivity index (χ4v) is 5.49. The number of hydrazone groups is 1. The molecule has 43 heavy (non-hydrogen) atoms. The molecule has 0 heterocycles. The van der Waals surface area contributed by atoms with E-state index in [-0.39, 0.29) is 29.1 Å². The molecule has 4 aromatic rings. The first-order valence-electron chi connectivity index (χ1n) is 13.4.